The highest BCUT2D eigenvalue weighted by Crippen LogP contribution is 2.37. The maximum absolute atomic E-state index is 12.9. The average molecular weight is 464 g/mol. The number of aromatic hydroxyl groups is 1. The van der Waals surface area contributed by atoms with E-state index in [9.17, 15) is 14.7 Å². The van der Waals surface area contributed by atoms with E-state index < -0.39 is 5.97 Å². The van der Waals surface area contributed by atoms with Crippen molar-refractivity contribution in [2.24, 2.45) is 0 Å². The van der Waals surface area contributed by atoms with Crippen molar-refractivity contribution in [2.45, 2.75) is 6.92 Å². The molecule has 0 atom stereocenters. The van der Waals surface area contributed by atoms with Gasteiger partial charge >= 0.3 is 5.97 Å². The van der Waals surface area contributed by atoms with Gasteiger partial charge in [-0.25, -0.2) is 4.79 Å². The molecule has 0 unspecified atom stereocenters. The van der Waals surface area contributed by atoms with Crippen molar-refractivity contribution in [1.29, 1.82) is 0 Å². The zero-order valence-electron chi connectivity index (χ0n) is 14.1. The van der Waals surface area contributed by atoms with Gasteiger partial charge in [0, 0.05) is 0 Å². The summed E-state index contributed by atoms with van der Waals surface area (Å²) in [6, 6.07) is 11.6. The Hall–Kier alpha value is -2.16. The van der Waals surface area contributed by atoms with Gasteiger partial charge in [-0.2, -0.15) is 0 Å². The Bertz CT molecular complexity index is 974. The van der Waals surface area contributed by atoms with Gasteiger partial charge in [0.1, 0.15) is 5.75 Å². The normalized spacial score (nSPS) is 15.5. The molecule has 0 aromatic heterocycles. The molecule has 2 aromatic carbocycles. The van der Waals surface area contributed by atoms with Gasteiger partial charge < -0.3 is 9.84 Å². The second kappa shape index (κ2) is 8.24. The molecule has 1 aliphatic rings. The Morgan fingerprint density at radius 2 is 2.11 bits per heavy atom. The van der Waals surface area contributed by atoms with Crippen molar-refractivity contribution < 1.29 is 19.4 Å². The fourth-order valence-electron chi connectivity index (χ4n) is 2.44. The van der Waals surface area contributed by atoms with Crippen molar-refractivity contribution in [3.63, 3.8) is 0 Å². The molecule has 0 saturated carbocycles. The average Bonchev–Trinajstić information content (AvgIpc) is 2.92. The summed E-state index contributed by atoms with van der Waals surface area (Å²) in [7, 11) is 0. The largest absolute Gasteiger partial charge is 0.507 e. The molecule has 8 heteroatoms. The van der Waals surface area contributed by atoms with E-state index in [1.165, 1.54) is 16.7 Å². The fraction of sp³-hybridized carbons (Fsp3) is 0.105. The lowest BCUT2D eigenvalue weighted by Gasteiger charge is -2.15. The second-order valence-electron chi connectivity index (χ2n) is 5.50. The maximum Gasteiger partial charge on any atom is 0.338 e. The van der Waals surface area contributed by atoms with Crippen LogP contribution in [0.25, 0.3) is 6.08 Å². The van der Waals surface area contributed by atoms with Gasteiger partial charge in [0.15, 0.2) is 4.32 Å². The zero-order chi connectivity index (χ0) is 19.6. The monoisotopic (exact) mass is 463 g/mol. The summed E-state index contributed by atoms with van der Waals surface area (Å²) < 4.78 is 5.92. The van der Waals surface area contributed by atoms with Crippen molar-refractivity contribution in [3.8, 4) is 5.75 Å². The first-order chi connectivity index (χ1) is 12.9. The van der Waals surface area contributed by atoms with Gasteiger partial charge in [0.05, 0.1) is 27.2 Å². The molecule has 0 bridgehead atoms. The number of hydrogen-bond donors (Lipinski definition) is 1. The van der Waals surface area contributed by atoms with Crippen LogP contribution >= 0.6 is 39.9 Å². The summed E-state index contributed by atoms with van der Waals surface area (Å²) in [5.41, 5.74) is 1.62. The zero-order valence-corrected chi connectivity index (χ0v) is 17.4. The molecule has 27 heavy (non-hydrogen) atoms. The molecule has 1 aliphatic heterocycles. The molecule has 0 spiro atoms. The highest BCUT2D eigenvalue weighted by Gasteiger charge is 2.33. The Balaban J connectivity index is 1.90. The third-order valence-electron chi connectivity index (χ3n) is 3.68. The van der Waals surface area contributed by atoms with E-state index in [0.29, 0.717) is 24.9 Å². The van der Waals surface area contributed by atoms with E-state index in [0.717, 1.165) is 5.56 Å². The van der Waals surface area contributed by atoms with Gasteiger partial charge in [-0.1, -0.05) is 36.1 Å². The number of thioether (sulfide) groups is 1. The lowest BCUT2D eigenvalue weighted by molar-refractivity contribution is -0.113. The molecule has 1 amide bonds. The number of benzene rings is 2. The minimum atomic E-state index is -0.450. The third kappa shape index (κ3) is 4.23. The van der Waals surface area contributed by atoms with Crippen LogP contribution in [-0.4, -0.2) is 27.9 Å². The summed E-state index contributed by atoms with van der Waals surface area (Å²) in [4.78, 5) is 26.6. The summed E-state index contributed by atoms with van der Waals surface area (Å²) >= 11 is 9.80. The molecular weight excluding hydrogens is 450 g/mol. The number of carbonyl (C=O) groups is 2. The molecule has 1 N–H and O–H groups in total. The number of rotatable bonds is 4. The lowest BCUT2D eigenvalue weighted by atomic mass is 10.1. The van der Waals surface area contributed by atoms with Crippen LogP contribution < -0.4 is 4.90 Å². The van der Waals surface area contributed by atoms with E-state index in [2.05, 4.69) is 15.9 Å². The molecule has 0 radical (unpaired) electrons. The Labute approximate surface area is 174 Å². The lowest BCUT2D eigenvalue weighted by Crippen LogP contribution is -2.27. The Morgan fingerprint density at radius 3 is 2.81 bits per heavy atom. The number of phenols is 1. The summed E-state index contributed by atoms with van der Waals surface area (Å²) in [6.45, 7) is 2.01. The predicted octanol–water partition coefficient (Wildman–Crippen LogP) is 4.74. The van der Waals surface area contributed by atoms with Crippen molar-refractivity contribution in [3.05, 3.63) is 63.0 Å². The number of ether oxygens (including phenoxy) is 1. The summed E-state index contributed by atoms with van der Waals surface area (Å²) in [6.07, 6.45) is 1.71. The van der Waals surface area contributed by atoms with Gasteiger partial charge in [-0.05, 0) is 64.8 Å². The number of amides is 1. The number of anilines is 1. The van der Waals surface area contributed by atoms with Crippen LogP contribution in [0.1, 0.15) is 22.8 Å². The van der Waals surface area contributed by atoms with Crippen LogP contribution in [0.5, 0.6) is 5.75 Å². The first kappa shape index (κ1) is 19.6. The SMILES string of the molecule is CCOC(=O)c1cccc(N2C(=O)/C(=C\c3ccc(O)c(Br)c3)SC2=S)c1. The molecule has 5 nitrogen and oxygen atoms in total. The molecule has 1 fully saturated rings. The van der Waals surface area contributed by atoms with E-state index in [1.807, 2.05) is 0 Å². The van der Waals surface area contributed by atoms with E-state index in [-0.39, 0.29) is 18.3 Å². The van der Waals surface area contributed by atoms with Crippen LogP contribution in [0.3, 0.4) is 0 Å². The van der Waals surface area contributed by atoms with Crippen molar-refractivity contribution in [2.75, 3.05) is 11.5 Å². The molecule has 1 heterocycles. The topological polar surface area (TPSA) is 66.8 Å². The minimum Gasteiger partial charge on any atom is -0.507 e. The number of hydrogen-bond acceptors (Lipinski definition) is 6. The predicted molar refractivity (Wildman–Crippen MR) is 114 cm³/mol. The number of halogens is 1. The Morgan fingerprint density at radius 1 is 1.33 bits per heavy atom. The van der Waals surface area contributed by atoms with Crippen LogP contribution in [0.15, 0.2) is 51.8 Å². The standard InChI is InChI=1S/C19H14BrNO4S2/c1-2-25-18(24)12-4-3-5-13(10-12)21-17(23)16(27-19(21)26)9-11-6-7-15(22)14(20)8-11/h3-10,22H,2H2,1H3/b16-9+. The number of nitrogens with zero attached hydrogens (tertiary/aromatic N) is 1. The maximum atomic E-state index is 12.9. The van der Waals surface area contributed by atoms with Crippen LogP contribution in [0, 0.1) is 0 Å². The summed E-state index contributed by atoms with van der Waals surface area (Å²) in [5.74, 6) is -0.597. The number of esters is 1. The van der Waals surface area contributed by atoms with Gasteiger partial charge in [0.2, 0.25) is 0 Å². The molecule has 2 aromatic rings. The molecule has 1 saturated heterocycles. The molecule has 0 aliphatic carbocycles. The smallest absolute Gasteiger partial charge is 0.338 e. The van der Waals surface area contributed by atoms with Gasteiger partial charge in [0.25, 0.3) is 5.91 Å². The minimum absolute atomic E-state index is 0.121. The summed E-state index contributed by atoms with van der Waals surface area (Å²) in [5, 5.41) is 9.59. The van der Waals surface area contributed by atoms with E-state index in [1.54, 1.807) is 55.5 Å². The second-order valence-corrected chi connectivity index (χ2v) is 8.03. The van der Waals surface area contributed by atoms with Gasteiger partial charge in [-0.15, -0.1) is 0 Å². The molecule has 138 valence electrons. The van der Waals surface area contributed by atoms with Crippen LogP contribution in [0.4, 0.5) is 5.69 Å². The first-order valence-electron chi connectivity index (χ1n) is 7.94. The van der Waals surface area contributed by atoms with E-state index in [4.69, 9.17) is 17.0 Å². The first-order valence-corrected chi connectivity index (χ1v) is 9.96. The molecular formula is C19H14BrNO4S2. The number of carbonyl (C=O) groups excluding carboxylic acids is 2. The quantitative estimate of drug-likeness (QED) is 0.401. The number of phenolic OH excluding ortho intramolecular Hbond substituents is 1. The number of thiocarbonyl (C=S) groups is 1. The Kier molecular flexibility index (Phi) is 5.98. The highest BCUT2D eigenvalue weighted by molar-refractivity contribution is 9.10. The molecule has 3 rings (SSSR count). The van der Waals surface area contributed by atoms with Gasteiger partial charge in [-0.3, -0.25) is 9.69 Å². The third-order valence-corrected chi connectivity index (χ3v) is 5.62. The van der Waals surface area contributed by atoms with Crippen molar-refractivity contribution >= 4 is 67.9 Å². The highest BCUT2D eigenvalue weighted by atomic mass is 79.9. The fourth-order valence-corrected chi connectivity index (χ4v) is 4.14. The van der Waals surface area contributed by atoms with E-state index >= 15 is 0 Å². The van der Waals surface area contributed by atoms with Crippen molar-refractivity contribution in [1.82, 2.24) is 0 Å². The van der Waals surface area contributed by atoms with Crippen LogP contribution in [0.2, 0.25) is 0 Å². The van der Waals surface area contributed by atoms with Crippen LogP contribution in [-0.2, 0) is 9.53 Å².